The molecular formula is C16H23NO6S. The summed E-state index contributed by atoms with van der Waals surface area (Å²) >= 11 is 0. The van der Waals surface area contributed by atoms with Gasteiger partial charge in [-0.3, -0.25) is 0 Å². The van der Waals surface area contributed by atoms with Crippen LogP contribution in [0.5, 0.6) is 11.5 Å². The SMILES string of the molecule is COc1ccc(S(=O)(=O)N2C[C@@H]3COCC[C@]3(CO)C2)cc1OC. The number of nitrogens with zero attached hydrogens (tertiary/aromatic N) is 1. The first-order valence-corrected chi connectivity index (χ1v) is 9.31. The Morgan fingerprint density at radius 3 is 2.71 bits per heavy atom. The Balaban J connectivity index is 1.91. The monoisotopic (exact) mass is 357 g/mol. The number of aliphatic hydroxyl groups is 1. The third-order valence-corrected chi connectivity index (χ3v) is 6.96. The molecule has 1 aromatic rings. The van der Waals surface area contributed by atoms with Gasteiger partial charge in [0.1, 0.15) is 0 Å². The topological polar surface area (TPSA) is 85.3 Å². The van der Waals surface area contributed by atoms with Crippen LogP contribution in [0.2, 0.25) is 0 Å². The van der Waals surface area contributed by atoms with Crippen molar-refractivity contribution in [1.29, 1.82) is 0 Å². The van der Waals surface area contributed by atoms with Crippen molar-refractivity contribution in [3.8, 4) is 11.5 Å². The van der Waals surface area contributed by atoms with Gasteiger partial charge in [0.05, 0.1) is 32.3 Å². The first-order chi connectivity index (χ1) is 11.5. The maximum Gasteiger partial charge on any atom is 0.243 e. The van der Waals surface area contributed by atoms with Crippen molar-refractivity contribution < 1.29 is 27.7 Å². The Kier molecular flexibility index (Phi) is 4.74. The van der Waals surface area contributed by atoms with Gasteiger partial charge < -0.3 is 19.3 Å². The number of rotatable bonds is 5. The smallest absolute Gasteiger partial charge is 0.243 e. The first kappa shape index (κ1) is 17.5. The van der Waals surface area contributed by atoms with Crippen LogP contribution in [0.1, 0.15) is 6.42 Å². The third kappa shape index (κ3) is 2.77. The average Bonchev–Trinajstić information content (AvgIpc) is 3.02. The van der Waals surface area contributed by atoms with Gasteiger partial charge in [-0.1, -0.05) is 0 Å². The van der Waals surface area contributed by atoms with E-state index in [2.05, 4.69) is 0 Å². The molecule has 0 bridgehead atoms. The summed E-state index contributed by atoms with van der Waals surface area (Å²) in [6.45, 7) is 1.68. The van der Waals surface area contributed by atoms with E-state index in [1.807, 2.05) is 0 Å². The van der Waals surface area contributed by atoms with E-state index in [1.54, 1.807) is 6.07 Å². The molecule has 24 heavy (non-hydrogen) atoms. The zero-order valence-corrected chi connectivity index (χ0v) is 14.7. The number of hydrogen-bond donors (Lipinski definition) is 1. The lowest BCUT2D eigenvalue weighted by Gasteiger charge is -2.36. The molecule has 134 valence electrons. The fourth-order valence-electron chi connectivity index (χ4n) is 3.57. The standard InChI is InChI=1S/C16H23NO6S/c1-21-14-4-3-13(7-15(14)22-2)24(19,20)17-8-12-9-23-6-5-16(12,10-17)11-18/h3-4,7,12,18H,5-6,8-11H2,1-2H3/t12-,16-/m1/s1. The van der Waals surface area contributed by atoms with Crippen LogP contribution in [0.3, 0.4) is 0 Å². The molecule has 0 unspecified atom stereocenters. The fourth-order valence-corrected chi connectivity index (χ4v) is 5.16. The van der Waals surface area contributed by atoms with Crippen molar-refractivity contribution in [3.05, 3.63) is 18.2 Å². The van der Waals surface area contributed by atoms with Gasteiger partial charge in [-0.25, -0.2) is 8.42 Å². The average molecular weight is 357 g/mol. The summed E-state index contributed by atoms with van der Waals surface area (Å²) < 4.78 is 43.3. The Morgan fingerprint density at radius 2 is 2.08 bits per heavy atom. The summed E-state index contributed by atoms with van der Waals surface area (Å²) in [6, 6.07) is 4.57. The molecule has 8 heteroatoms. The Hall–Kier alpha value is -1.35. The van der Waals surface area contributed by atoms with Gasteiger partial charge in [0.2, 0.25) is 10.0 Å². The van der Waals surface area contributed by atoms with E-state index in [9.17, 15) is 13.5 Å². The highest BCUT2D eigenvalue weighted by Gasteiger charge is 2.51. The van der Waals surface area contributed by atoms with Crippen molar-refractivity contribution in [2.45, 2.75) is 11.3 Å². The van der Waals surface area contributed by atoms with E-state index in [-0.39, 0.29) is 17.4 Å². The predicted octanol–water partition coefficient (Wildman–Crippen LogP) is 0.723. The number of aliphatic hydroxyl groups excluding tert-OH is 1. The fraction of sp³-hybridized carbons (Fsp3) is 0.625. The number of methoxy groups -OCH3 is 2. The van der Waals surface area contributed by atoms with E-state index in [1.165, 1.54) is 30.7 Å². The molecule has 2 atom stereocenters. The quantitative estimate of drug-likeness (QED) is 0.836. The van der Waals surface area contributed by atoms with Crippen molar-refractivity contribution in [1.82, 2.24) is 4.31 Å². The second-order valence-electron chi connectivity index (χ2n) is 6.36. The summed E-state index contributed by atoms with van der Waals surface area (Å²) in [5.41, 5.74) is -0.401. The Bertz CT molecular complexity index is 707. The lowest BCUT2D eigenvalue weighted by atomic mass is 9.75. The number of hydrogen-bond acceptors (Lipinski definition) is 6. The van der Waals surface area contributed by atoms with Crippen LogP contribution >= 0.6 is 0 Å². The van der Waals surface area contributed by atoms with Crippen molar-refractivity contribution in [2.75, 3.05) is 47.1 Å². The molecule has 0 saturated carbocycles. The van der Waals surface area contributed by atoms with Crippen LogP contribution in [0.25, 0.3) is 0 Å². The van der Waals surface area contributed by atoms with Crippen molar-refractivity contribution in [2.24, 2.45) is 11.3 Å². The lowest BCUT2D eigenvalue weighted by Crippen LogP contribution is -2.41. The van der Waals surface area contributed by atoms with Gasteiger partial charge in [-0.05, 0) is 18.6 Å². The normalized spacial score (nSPS) is 27.7. The van der Waals surface area contributed by atoms with Gasteiger partial charge in [0.15, 0.2) is 11.5 Å². The minimum atomic E-state index is -3.67. The first-order valence-electron chi connectivity index (χ1n) is 7.87. The van der Waals surface area contributed by atoms with Crippen LogP contribution in [0.15, 0.2) is 23.1 Å². The predicted molar refractivity (Wildman–Crippen MR) is 86.7 cm³/mol. The number of ether oxygens (including phenoxy) is 3. The molecule has 0 spiro atoms. The molecule has 2 heterocycles. The highest BCUT2D eigenvalue weighted by atomic mass is 32.2. The van der Waals surface area contributed by atoms with Crippen LogP contribution in [0, 0.1) is 11.3 Å². The highest BCUT2D eigenvalue weighted by Crippen LogP contribution is 2.44. The van der Waals surface area contributed by atoms with E-state index < -0.39 is 15.4 Å². The minimum absolute atomic E-state index is 0.0196. The summed E-state index contributed by atoms with van der Waals surface area (Å²) in [7, 11) is -0.700. The van der Waals surface area contributed by atoms with Gasteiger partial charge in [0.25, 0.3) is 0 Å². The zero-order chi connectivity index (χ0) is 17.4. The third-order valence-electron chi connectivity index (χ3n) is 5.15. The van der Waals surface area contributed by atoms with Crippen LogP contribution in [0.4, 0.5) is 0 Å². The zero-order valence-electron chi connectivity index (χ0n) is 13.9. The minimum Gasteiger partial charge on any atom is -0.493 e. The van der Waals surface area contributed by atoms with Crippen LogP contribution < -0.4 is 9.47 Å². The van der Waals surface area contributed by atoms with Gasteiger partial charge in [-0.15, -0.1) is 0 Å². The number of fused-ring (bicyclic) bond motifs is 1. The molecule has 0 amide bonds. The summed E-state index contributed by atoms with van der Waals surface area (Å²) in [5, 5.41) is 9.84. The largest absolute Gasteiger partial charge is 0.493 e. The highest BCUT2D eigenvalue weighted by molar-refractivity contribution is 7.89. The molecule has 0 aromatic heterocycles. The van der Waals surface area contributed by atoms with E-state index in [4.69, 9.17) is 14.2 Å². The van der Waals surface area contributed by atoms with E-state index in [0.29, 0.717) is 44.2 Å². The maximum absolute atomic E-state index is 13.0. The number of benzene rings is 1. The molecule has 2 aliphatic heterocycles. The van der Waals surface area contributed by atoms with E-state index >= 15 is 0 Å². The lowest BCUT2D eigenvalue weighted by molar-refractivity contribution is -0.0414. The molecule has 2 saturated heterocycles. The molecular weight excluding hydrogens is 334 g/mol. The second kappa shape index (κ2) is 6.51. The van der Waals surface area contributed by atoms with Crippen LogP contribution in [-0.2, 0) is 14.8 Å². The number of sulfonamides is 1. The van der Waals surface area contributed by atoms with Crippen molar-refractivity contribution >= 4 is 10.0 Å². The molecule has 7 nitrogen and oxygen atoms in total. The van der Waals surface area contributed by atoms with Crippen molar-refractivity contribution in [3.63, 3.8) is 0 Å². The summed E-state index contributed by atoms with van der Waals surface area (Å²) in [4.78, 5) is 0.160. The van der Waals surface area contributed by atoms with Crippen LogP contribution in [-0.4, -0.2) is 65.0 Å². The second-order valence-corrected chi connectivity index (χ2v) is 8.29. The molecule has 2 fully saturated rings. The Morgan fingerprint density at radius 1 is 1.33 bits per heavy atom. The van der Waals surface area contributed by atoms with Gasteiger partial charge in [0, 0.05) is 37.1 Å². The molecule has 0 aliphatic carbocycles. The van der Waals surface area contributed by atoms with Gasteiger partial charge >= 0.3 is 0 Å². The summed E-state index contributed by atoms with van der Waals surface area (Å²) in [6.07, 6.45) is 0.673. The van der Waals surface area contributed by atoms with E-state index in [0.717, 1.165) is 0 Å². The summed E-state index contributed by atoms with van der Waals surface area (Å²) in [5.74, 6) is 0.869. The molecule has 0 radical (unpaired) electrons. The Labute approximate surface area is 142 Å². The maximum atomic E-state index is 13.0. The van der Waals surface area contributed by atoms with Gasteiger partial charge in [-0.2, -0.15) is 4.31 Å². The molecule has 2 aliphatic rings. The molecule has 3 rings (SSSR count). The molecule has 1 N–H and O–H groups in total. The molecule has 1 aromatic carbocycles.